The maximum absolute atomic E-state index is 11.6. The van der Waals surface area contributed by atoms with E-state index in [1.54, 1.807) is 6.92 Å². The van der Waals surface area contributed by atoms with Gasteiger partial charge in [0.25, 0.3) is 0 Å². The van der Waals surface area contributed by atoms with E-state index in [9.17, 15) is 4.79 Å². The van der Waals surface area contributed by atoms with Gasteiger partial charge in [-0.2, -0.15) is 0 Å². The number of hydrogen-bond acceptors (Lipinski definition) is 2. The number of unbranched alkanes of at least 4 members (excludes halogenated alkanes) is 15. The van der Waals surface area contributed by atoms with Crippen molar-refractivity contribution in [3.63, 3.8) is 0 Å². The van der Waals surface area contributed by atoms with Crippen LogP contribution in [0.1, 0.15) is 143 Å². The third kappa shape index (κ3) is 13.1. The minimum absolute atomic E-state index is 0.0602. The van der Waals surface area contributed by atoms with Crippen LogP contribution in [0.3, 0.4) is 0 Å². The van der Waals surface area contributed by atoms with Gasteiger partial charge in [-0.25, -0.2) is 4.99 Å². The Morgan fingerprint density at radius 2 is 1.35 bits per heavy atom. The first-order valence-corrected chi connectivity index (χ1v) is 14.9. The molecule has 1 amide bonds. The van der Waals surface area contributed by atoms with Crippen LogP contribution >= 0.6 is 0 Å². The van der Waals surface area contributed by atoms with Crippen molar-refractivity contribution in [2.24, 2.45) is 4.99 Å². The van der Waals surface area contributed by atoms with Gasteiger partial charge in [-0.1, -0.05) is 96.1 Å². The van der Waals surface area contributed by atoms with Gasteiger partial charge < -0.3 is 5.32 Å². The predicted octanol–water partition coefficient (Wildman–Crippen LogP) is 8.32. The number of carbonyl (C=O) groups excluding carboxylic acids is 1. The van der Waals surface area contributed by atoms with Crippen molar-refractivity contribution in [2.45, 2.75) is 149 Å². The fourth-order valence-electron chi connectivity index (χ4n) is 5.44. The standard InChI is InChI=1S/C30H57N3O/c1-5-7-8-9-10-11-12-13-14-15-16-17-18-19-20-21-22-23-24-25-30-31-26-27-33(30,6-2)28(3)32-29(4)34/h12-13,28H,5-11,14-27H2,1-4H3/p+1/b13-12+. The third-order valence-electron chi connectivity index (χ3n) is 7.69. The number of nitrogens with one attached hydrogen (secondary N) is 1. The number of allylic oxidation sites excluding steroid dienone is 2. The molecule has 4 nitrogen and oxygen atoms in total. The summed E-state index contributed by atoms with van der Waals surface area (Å²) in [5.74, 6) is 1.37. The molecule has 1 heterocycles. The molecule has 0 spiro atoms. The monoisotopic (exact) mass is 476 g/mol. The molecule has 0 aromatic carbocycles. The zero-order chi connectivity index (χ0) is 24.9. The first kappa shape index (κ1) is 30.9. The Balaban J connectivity index is 1.95. The van der Waals surface area contributed by atoms with Gasteiger partial charge in [-0.3, -0.25) is 9.28 Å². The molecule has 0 aromatic rings. The van der Waals surface area contributed by atoms with Crippen LogP contribution in [-0.2, 0) is 4.79 Å². The molecule has 0 aromatic heterocycles. The first-order valence-electron chi connectivity index (χ1n) is 14.9. The quantitative estimate of drug-likeness (QED) is 0.0952. The minimum atomic E-state index is 0.0602. The Labute approximate surface area is 212 Å². The van der Waals surface area contributed by atoms with Crippen molar-refractivity contribution >= 4 is 11.7 Å². The average Bonchev–Trinajstić information content (AvgIpc) is 3.24. The molecular weight excluding hydrogens is 418 g/mol. The van der Waals surface area contributed by atoms with Crippen LogP contribution in [0.4, 0.5) is 0 Å². The van der Waals surface area contributed by atoms with Crippen LogP contribution in [0, 0.1) is 0 Å². The van der Waals surface area contributed by atoms with E-state index in [2.05, 4.69) is 38.2 Å². The van der Waals surface area contributed by atoms with E-state index in [-0.39, 0.29) is 12.1 Å². The lowest BCUT2D eigenvalue weighted by Crippen LogP contribution is -2.62. The number of rotatable bonds is 22. The number of quaternary nitrogens is 1. The van der Waals surface area contributed by atoms with Crippen molar-refractivity contribution in [1.29, 1.82) is 0 Å². The van der Waals surface area contributed by atoms with E-state index in [0.29, 0.717) is 0 Å². The average molecular weight is 477 g/mol. The summed E-state index contributed by atoms with van der Waals surface area (Å²) in [6.45, 7) is 11.2. The molecule has 0 saturated carbocycles. The fraction of sp³-hybridized carbons (Fsp3) is 0.867. The maximum Gasteiger partial charge on any atom is 0.221 e. The predicted molar refractivity (Wildman–Crippen MR) is 149 cm³/mol. The second kappa shape index (κ2) is 20.1. The summed E-state index contributed by atoms with van der Waals surface area (Å²) in [6, 6.07) is 0. The molecule has 0 radical (unpaired) electrons. The van der Waals surface area contributed by atoms with Crippen molar-refractivity contribution < 1.29 is 9.28 Å². The van der Waals surface area contributed by atoms with E-state index in [4.69, 9.17) is 4.99 Å². The molecule has 2 unspecified atom stereocenters. The first-order chi connectivity index (χ1) is 16.6. The summed E-state index contributed by atoms with van der Waals surface area (Å²) in [4.78, 5) is 16.4. The lowest BCUT2D eigenvalue weighted by Gasteiger charge is -2.39. The number of amides is 1. The van der Waals surface area contributed by atoms with Crippen molar-refractivity contribution in [1.82, 2.24) is 5.32 Å². The molecule has 0 aliphatic carbocycles. The van der Waals surface area contributed by atoms with Crippen molar-refractivity contribution in [2.75, 3.05) is 19.6 Å². The maximum atomic E-state index is 11.6. The number of amidine groups is 1. The van der Waals surface area contributed by atoms with Gasteiger partial charge in [-0.05, 0) is 39.0 Å². The van der Waals surface area contributed by atoms with Crippen LogP contribution in [0.2, 0.25) is 0 Å². The second-order valence-electron chi connectivity index (χ2n) is 10.5. The molecule has 1 N–H and O–H groups in total. The highest BCUT2D eigenvalue weighted by molar-refractivity contribution is 5.78. The Kier molecular flexibility index (Phi) is 18.2. The molecule has 0 fully saturated rings. The minimum Gasteiger partial charge on any atom is -0.307 e. The fourth-order valence-corrected chi connectivity index (χ4v) is 5.44. The van der Waals surface area contributed by atoms with Gasteiger partial charge in [0.1, 0.15) is 6.54 Å². The van der Waals surface area contributed by atoms with E-state index in [0.717, 1.165) is 30.5 Å². The number of hydrogen-bond donors (Lipinski definition) is 1. The third-order valence-corrected chi connectivity index (χ3v) is 7.69. The molecule has 1 aliphatic heterocycles. The number of carbonyl (C=O) groups is 1. The molecule has 0 saturated heterocycles. The lowest BCUT2D eigenvalue weighted by molar-refractivity contribution is -0.861. The Morgan fingerprint density at radius 3 is 1.85 bits per heavy atom. The summed E-state index contributed by atoms with van der Waals surface area (Å²) < 4.78 is 0.856. The number of nitrogens with zero attached hydrogens (tertiary/aromatic N) is 2. The summed E-state index contributed by atoms with van der Waals surface area (Å²) in [7, 11) is 0. The summed E-state index contributed by atoms with van der Waals surface area (Å²) in [5.41, 5.74) is 0. The lowest BCUT2D eigenvalue weighted by atomic mass is 10.0. The highest BCUT2D eigenvalue weighted by Crippen LogP contribution is 2.23. The van der Waals surface area contributed by atoms with Gasteiger partial charge in [0, 0.05) is 20.3 Å². The molecule has 198 valence electrons. The second-order valence-corrected chi connectivity index (χ2v) is 10.5. The normalized spacial score (nSPS) is 19.0. The van der Waals surface area contributed by atoms with E-state index >= 15 is 0 Å². The molecule has 1 rings (SSSR count). The van der Waals surface area contributed by atoms with E-state index < -0.39 is 0 Å². The van der Waals surface area contributed by atoms with Crippen LogP contribution in [-0.4, -0.2) is 42.0 Å². The Bertz CT molecular complexity index is 571. The zero-order valence-corrected chi connectivity index (χ0v) is 23.4. The molecular formula is C30H58N3O+. The summed E-state index contributed by atoms with van der Waals surface area (Å²) >= 11 is 0. The summed E-state index contributed by atoms with van der Waals surface area (Å²) in [6.07, 6.45) is 29.2. The van der Waals surface area contributed by atoms with Gasteiger partial charge in [-0.15, -0.1) is 0 Å². The van der Waals surface area contributed by atoms with Crippen LogP contribution in [0.5, 0.6) is 0 Å². The summed E-state index contributed by atoms with van der Waals surface area (Å²) in [5, 5.41) is 3.12. The number of aliphatic imine (C=N–C) groups is 1. The Morgan fingerprint density at radius 1 is 0.853 bits per heavy atom. The van der Waals surface area contributed by atoms with Crippen molar-refractivity contribution in [3.8, 4) is 0 Å². The highest BCUT2D eigenvalue weighted by Gasteiger charge is 2.41. The van der Waals surface area contributed by atoms with Crippen LogP contribution < -0.4 is 5.32 Å². The van der Waals surface area contributed by atoms with Gasteiger partial charge in [0.15, 0.2) is 12.0 Å². The number of likely N-dealkylation sites (N-methyl/N-ethyl adjacent to an activating group) is 1. The smallest absolute Gasteiger partial charge is 0.221 e. The van der Waals surface area contributed by atoms with E-state index in [1.807, 2.05) is 0 Å². The van der Waals surface area contributed by atoms with E-state index in [1.165, 1.54) is 115 Å². The van der Waals surface area contributed by atoms with Crippen LogP contribution in [0.15, 0.2) is 17.1 Å². The zero-order valence-electron chi connectivity index (χ0n) is 23.4. The molecule has 4 heteroatoms. The molecule has 2 atom stereocenters. The Hall–Kier alpha value is -1.16. The SMILES string of the molecule is CCCCCCC/C=C/CCCCCCCCCCCCC1=NCC[N+]1(CC)C(C)NC(C)=O. The largest absolute Gasteiger partial charge is 0.307 e. The van der Waals surface area contributed by atoms with Crippen molar-refractivity contribution in [3.05, 3.63) is 12.2 Å². The van der Waals surface area contributed by atoms with Gasteiger partial charge in [0.05, 0.1) is 13.1 Å². The highest BCUT2D eigenvalue weighted by atomic mass is 16.1. The van der Waals surface area contributed by atoms with Gasteiger partial charge in [0.2, 0.25) is 5.91 Å². The van der Waals surface area contributed by atoms with Crippen LogP contribution in [0.25, 0.3) is 0 Å². The molecule has 1 aliphatic rings. The molecule has 0 bridgehead atoms. The molecule has 34 heavy (non-hydrogen) atoms. The topological polar surface area (TPSA) is 41.5 Å². The van der Waals surface area contributed by atoms with Gasteiger partial charge >= 0.3 is 0 Å².